The number of carbonyl (C=O) groups is 2. The highest BCUT2D eigenvalue weighted by Gasteiger charge is 2.55. The van der Waals surface area contributed by atoms with Crippen molar-refractivity contribution in [2.45, 2.75) is 57.0 Å². The van der Waals surface area contributed by atoms with Crippen LogP contribution in [-0.2, 0) is 9.59 Å². The van der Waals surface area contributed by atoms with Crippen molar-refractivity contribution in [2.75, 3.05) is 6.54 Å². The monoisotopic (exact) mass is 236 g/mol. The van der Waals surface area contributed by atoms with Crippen LogP contribution in [0.1, 0.15) is 45.4 Å². The molecule has 4 nitrogen and oxygen atoms in total. The molecule has 0 aromatic heterocycles. The van der Waals surface area contributed by atoms with Gasteiger partial charge in [-0.2, -0.15) is 0 Å². The van der Waals surface area contributed by atoms with Crippen molar-refractivity contribution in [3.05, 3.63) is 0 Å². The van der Waals surface area contributed by atoms with Crippen molar-refractivity contribution in [3.63, 3.8) is 0 Å². The van der Waals surface area contributed by atoms with Gasteiger partial charge in [0.15, 0.2) is 0 Å². The fraction of sp³-hybridized carbons (Fsp3) is 0.846. The third-order valence-corrected chi connectivity index (χ3v) is 4.60. The van der Waals surface area contributed by atoms with Gasteiger partial charge in [-0.1, -0.05) is 12.8 Å². The summed E-state index contributed by atoms with van der Waals surface area (Å²) in [4.78, 5) is 26.7. The van der Waals surface area contributed by atoms with Gasteiger partial charge < -0.3 is 10.2 Å². The molecule has 2 aliphatic carbocycles. The van der Waals surface area contributed by atoms with Gasteiger partial charge in [0.25, 0.3) is 0 Å². The Labute approximate surface area is 102 Å². The summed E-state index contributed by atoms with van der Waals surface area (Å²) in [7, 11) is 0. The zero-order valence-corrected chi connectivity index (χ0v) is 10.4. The van der Waals surface area contributed by atoms with Gasteiger partial charge in [-0.3, -0.25) is 9.59 Å². The number of likely N-dealkylation sites (N-methyl/N-ethyl adjacent to an activating group) is 1. The molecule has 17 heavy (non-hydrogen) atoms. The lowest BCUT2D eigenvalue weighted by molar-refractivity contribution is -0.157. The molecule has 0 aromatic rings. The van der Waals surface area contributed by atoms with Gasteiger partial charge in [-0.25, -0.2) is 0 Å². The van der Waals surface area contributed by atoms with E-state index in [9.17, 15) is 9.59 Å². The van der Waals surface area contributed by atoms with Crippen LogP contribution in [0.2, 0.25) is 0 Å². The Morgan fingerprint density at radius 1 is 1.29 bits per heavy atom. The first-order valence-electron chi connectivity index (χ1n) is 6.81. The highest BCUT2D eigenvalue weighted by atomic mass is 16.2. The predicted octanol–water partition coefficient (Wildman–Crippen LogP) is 1.06. The van der Waals surface area contributed by atoms with Crippen LogP contribution in [0.3, 0.4) is 0 Å². The van der Waals surface area contributed by atoms with Crippen LogP contribution in [0, 0.1) is 5.92 Å². The Hall–Kier alpha value is -1.06. The lowest BCUT2D eigenvalue weighted by Gasteiger charge is -2.46. The molecule has 0 aromatic carbocycles. The summed E-state index contributed by atoms with van der Waals surface area (Å²) in [6, 6.07) is -0.228. The highest BCUT2D eigenvalue weighted by molar-refractivity contribution is 6.00. The van der Waals surface area contributed by atoms with E-state index < -0.39 is 5.54 Å². The lowest BCUT2D eigenvalue weighted by atomic mass is 9.88. The first kappa shape index (κ1) is 11.1. The first-order valence-corrected chi connectivity index (χ1v) is 6.81. The van der Waals surface area contributed by atoms with E-state index in [0.717, 1.165) is 38.5 Å². The van der Waals surface area contributed by atoms with E-state index in [4.69, 9.17) is 0 Å². The molecule has 1 heterocycles. The van der Waals surface area contributed by atoms with Crippen molar-refractivity contribution in [1.82, 2.24) is 10.2 Å². The summed E-state index contributed by atoms with van der Waals surface area (Å²) in [5, 5.41) is 3.00. The zero-order chi connectivity index (χ0) is 12.0. The molecule has 0 radical (unpaired) electrons. The number of amides is 2. The van der Waals surface area contributed by atoms with Gasteiger partial charge in [-0.05, 0) is 38.5 Å². The zero-order valence-electron chi connectivity index (χ0n) is 10.4. The van der Waals surface area contributed by atoms with Gasteiger partial charge in [0.1, 0.15) is 11.6 Å². The molecule has 2 amide bonds. The van der Waals surface area contributed by atoms with Crippen LogP contribution in [0.25, 0.3) is 0 Å². The van der Waals surface area contributed by atoms with E-state index in [1.54, 1.807) is 0 Å². The lowest BCUT2D eigenvalue weighted by Crippen LogP contribution is -2.70. The van der Waals surface area contributed by atoms with Gasteiger partial charge >= 0.3 is 0 Å². The standard InChI is InChI=1S/C13H20N2O2/c1-2-15-11(16)10(9-5-6-9)14-12(17)13(15)7-3-4-8-13/h9-10H,2-8H2,1H3,(H,14,17). The van der Waals surface area contributed by atoms with Crippen LogP contribution in [-0.4, -0.2) is 34.8 Å². The molecular formula is C13H20N2O2. The average molecular weight is 236 g/mol. The minimum absolute atomic E-state index is 0.105. The molecule has 1 aliphatic heterocycles. The normalized spacial score (nSPS) is 32.1. The predicted molar refractivity (Wildman–Crippen MR) is 63.2 cm³/mol. The van der Waals surface area contributed by atoms with Crippen molar-refractivity contribution in [2.24, 2.45) is 5.92 Å². The number of nitrogens with zero attached hydrogens (tertiary/aromatic N) is 1. The molecule has 1 N–H and O–H groups in total. The molecule has 3 rings (SSSR count). The third-order valence-electron chi connectivity index (χ3n) is 4.60. The Morgan fingerprint density at radius 3 is 2.47 bits per heavy atom. The van der Waals surface area contributed by atoms with Crippen molar-refractivity contribution >= 4 is 11.8 Å². The molecule has 1 spiro atoms. The highest BCUT2D eigenvalue weighted by Crippen LogP contribution is 2.42. The minimum Gasteiger partial charge on any atom is -0.342 e. The van der Waals surface area contributed by atoms with Crippen molar-refractivity contribution < 1.29 is 9.59 Å². The van der Waals surface area contributed by atoms with Crippen LogP contribution in [0.5, 0.6) is 0 Å². The SMILES string of the molecule is CCN1C(=O)C(C2CC2)NC(=O)C12CCCC2. The number of rotatable bonds is 2. The molecule has 0 bridgehead atoms. The topological polar surface area (TPSA) is 49.4 Å². The number of carbonyl (C=O) groups excluding carboxylic acids is 2. The van der Waals surface area contributed by atoms with Crippen LogP contribution >= 0.6 is 0 Å². The second-order valence-electron chi connectivity index (χ2n) is 5.61. The van der Waals surface area contributed by atoms with E-state index in [0.29, 0.717) is 12.5 Å². The van der Waals surface area contributed by atoms with Gasteiger partial charge in [-0.15, -0.1) is 0 Å². The van der Waals surface area contributed by atoms with Gasteiger partial charge in [0, 0.05) is 6.54 Å². The maximum atomic E-state index is 12.5. The second-order valence-corrected chi connectivity index (χ2v) is 5.61. The largest absolute Gasteiger partial charge is 0.342 e. The number of hydrogen-bond donors (Lipinski definition) is 1. The maximum absolute atomic E-state index is 12.5. The van der Waals surface area contributed by atoms with E-state index in [2.05, 4.69) is 5.32 Å². The number of nitrogens with one attached hydrogen (secondary N) is 1. The minimum atomic E-state index is -0.503. The Kier molecular flexibility index (Phi) is 2.42. The molecule has 3 fully saturated rings. The number of piperazine rings is 1. The van der Waals surface area contributed by atoms with Gasteiger partial charge in [0.2, 0.25) is 11.8 Å². The summed E-state index contributed by atoms with van der Waals surface area (Å²) in [6.07, 6.45) is 5.98. The van der Waals surface area contributed by atoms with E-state index in [-0.39, 0.29) is 17.9 Å². The van der Waals surface area contributed by atoms with Crippen LogP contribution in [0.4, 0.5) is 0 Å². The smallest absolute Gasteiger partial charge is 0.246 e. The Bertz CT molecular complexity index is 356. The van der Waals surface area contributed by atoms with Crippen molar-refractivity contribution in [1.29, 1.82) is 0 Å². The maximum Gasteiger partial charge on any atom is 0.246 e. The molecule has 4 heteroatoms. The van der Waals surface area contributed by atoms with Crippen LogP contribution < -0.4 is 5.32 Å². The summed E-state index contributed by atoms with van der Waals surface area (Å²) in [5.41, 5.74) is -0.503. The molecule has 2 saturated carbocycles. The summed E-state index contributed by atoms with van der Waals surface area (Å²) in [5.74, 6) is 0.670. The molecular weight excluding hydrogens is 216 g/mol. The van der Waals surface area contributed by atoms with E-state index >= 15 is 0 Å². The van der Waals surface area contributed by atoms with Gasteiger partial charge in [0.05, 0.1) is 0 Å². The second kappa shape index (κ2) is 3.72. The first-order chi connectivity index (χ1) is 8.19. The van der Waals surface area contributed by atoms with Crippen LogP contribution in [0.15, 0.2) is 0 Å². The quantitative estimate of drug-likeness (QED) is 0.779. The van der Waals surface area contributed by atoms with E-state index in [1.807, 2.05) is 11.8 Å². The van der Waals surface area contributed by atoms with Crippen molar-refractivity contribution in [3.8, 4) is 0 Å². The molecule has 94 valence electrons. The fourth-order valence-electron chi connectivity index (χ4n) is 3.50. The molecule has 1 atom stereocenters. The van der Waals surface area contributed by atoms with E-state index in [1.165, 1.54) is 0 Å². The summed E-state index contributed by atoms with van der Waals surface area (Å²) < 4.78 is 0. The summed E-state index contributed by atoms with van der Waals surface area (Å²) >= 11 is 0. The molecule has 1 saturated heterocycles. The molecule has 3 aliphatic rings. The third kappa shape index (κ3) is 1.49. The summed E-state index contributed by atoms with van der Waals surface area (Å²) in [6.45, 7) is 2.65. The fourth-order valence-corrected chi connectivity index (χ4v) is 3.50. The Morgan fingerprint density at radius 2 is 1.94 bits per heavy atom. The number of hydrogen-bond acceptors (Lipinski definition) is 2. The molecule has 1 unspecified atom stereocenters. The average Bonchev–Trinajstić information content (AvgIpc) is 3.04. The Balaban J connectivity index is 1.91.